The molecule has 0 unspecified atom stereocenters. The van der Waals surface area contributed by atoms with Gasteiger partial charge in [0.2, 0.25) is 0 Å². The second kappa shape index (κ2) is 7.71. The Balaban J connectivity index is 2.87. The van der Waals surface area contributed by atoms with Gasteiger partial charge in [-0.15, -0.1) is 0 Å². The van der Waals surface area contributed by atoms with Gasteiger partial charge >= 0.3 is 0 Å². The van der Waals surface area contributed by atoms with E-state index in [-0.39, 0.29) is 5.78 Å². The smallest absolute Gasteiger partial charge is 0.163 e. The Bertz CT molecular complexity index is 391. The molecule has 0 aliphatic rings. The van der Waals surface area contributed by atoms with E-state index in [9.17, 15) is 4.79 Å². The van der Waals surface area contributed by atoms with Crippen LogP contribution in [-0.4, -0.2) is 25.5 Å². The number of hydrogen-bond donors (Lipinski definition) is 1. The Morgan fingerprint density at radius 1 is 1.17 bits per heavy atom. The molecule has 0 aliphatic carbocycles. The molecule has 4 heteroatoms. The van der Waals surface area contributed by atoms with E-state index in [0.29, 0.717) is 49.7 Å². The number of ketones is 1. The first kappa shape index (κ1) is 14.5. The molecule has 0 bridgehead atoms. The first-order chi connectivity index (χ1) is 8.72. The van der Waals surface area contributed by atoms with Crippen molar-refractivity contribution in [1.29, 1.82) is 0 Å². The molecule has 100 valence electrons. The molecule has 0 spiro atoms. The van der Waals surface area contributed by atoms with Crippen LogP contribution in [-0.2, 0) is 0 Å². The van der Waals surface area contributed by atoms with Crippen molar-refractivity contribution in [1.82, 2.24) is 0 Å². The average Bonchev–Trinajstić information content (AvgIpc) is 2.38. The van der Waals surface area contributed by atoms with Crippen LogP contribution in [0.1, 0.15) is 37.0 Å². The molecule has 1 rings (SSSR count). The minimum absolute atomic E-state index is 0.0875. The van der Waals surface area contributed by atoms with E-state index < -0.39 is 0 Å². The van der Waals surface area contributed by atoms with Gasteiger partial charge in [0.15, 0.2) is 17.3 Å². The number of carbonyl (C=O) groups excluding carboxylic acids is 1. The summed E-state index contributed by atoms with van der Waals surface area (Å²) in [4.78, 5) is 11.9. The molecule has 0 atom stereocenters. The lowest BCUT2D eigenvalue weighted by molar-refractivity contribution is 0.0980. The third-order valence-electron chi connectivity index (χ3n) is 2.47. The lowest BCUT2D eigenvalue weighted by Gasteiger charge is -2.12. The van der Waals surface area contributed by atoms with Crippen molar-refractivity contribution in [2.24, 2.45) is 5.73 Å². The van der Waals surface area contributed by atoms with Crippen LogP contribution in [0.4, 0.5) is 0 Å². The summed E-state index contributed by atoms with van der Waals surface area (Å²) in [6, 6.07) is 5.30. The van der Waals surface area contributed by atoms with Crippen LogP contribution in [0.15, 0.2) is 18.2 Å². The van der Waals surface area contributed by atoms with Gasteiger partial charge in [-0.25, -0.2) is 0 Å². The first-order valence-corrected chi connectivity index (χ1v) is 6.35. The number of nitrogens with two attached hydrogens (primary N) is 1. The van der Waals surface area contributed by atoms with Gasteiger partial charge in [-0.05, 0) is 45.0 Å². The van der Waals surface area contributed by atoms with Gasteiger partial charge in [0.1, 0.15) is 0 Å². The van der Waals surface area contributed by atoms with Crippen molar-refractivity contribution in [3.63, 3.8) is 0 Å². The molecule has 0 radical (unpaired) electrons. The summed E-state index contributed by atoms with van der Waals surface area (Å²) in [6.45, 7) is 5.46. The summed E-state index contributed by atoms with van der Waals surface area (Å²) in [7, 11) is 0. The SMILES string of the molecule is CCOc1ccc(C(=O)CCCN)cc1OCC. The maximum atomic E-state index is 11.9. The highest BCUT2D eigenvalue weighted by atomic mass is 16.5. The van der Waals surface area contributed by atoms with Crippen molar-refractivity contribution >= 4 is 5.78 Å². The summed E-state index contributed by atoms with van der Waals surface area (Å²) in [5.74, 6) is 1.39. The van der Waals surface area contributed by atoms with Crippen LogP contribution < -0.4 is 15.2 Å². The van der Waals surface area contributed by atoms with Gasteiger partial charge in [-0.3, -0.25) is 4.79 Å². The molecule has 0 aliphatic heterocycles. The van der Waals surface area contributed by atoms with Gasteiger partial charge in [0.25, 0.3) is 0 Å². The predicted molar refractivity (Wildman–Crippen MR) is 71.4 cm³/mol. The fourth-order valence-corrected chi connectivity index (χ4v) is 1.63. The second-order valence-electron chi connectivity index (χ2n) is 3.84. The third kappa shape index (κ3) is 4.04. The van der Waals surface area contributed by atoms with Gasteiger partial charge in [0.05, 0.1) is 13.2 Å². The van der Waals surface area contributed by atoms with E-state index in [0.717, 1.165) is 0 Å². The van der Waals surface area contributed by atoms with Crippen molar-refractivity contribution in [3.05, 3.63) is 23.8 Å². The topological polar surface area (TPSA) is 61.5 Å². The van der Waals surface area contributed by atoms with Gasteiger partial charge in [0, 0.05) is 12.0 Å². The molecular weight excluding hydrogens is 230 g/mol. The molecule has 0 aromatic heterocycles. The average molecular weight is 251 g/mol. The number of benzene rings is 1. The van der Waals surface area contributed by atoms with Crippen LogP contribution in [0, 0.1) is 0 Å². The summed E-state index contributed by atoms with van der Waals surface area (Å²) < 4.78 is 10.9. The van der Waals surface area contributed by atoms with Crippen molar-refractivity contribution in [3.8, 4) is 11.5 Å². The van der Waals surface area contributed by atoms with E-state index in [2.05, 4.69) is 0 Å². The van der Waals surface area contributed by atoms with E-state index in [1.165, 1.54) is 0 Å². The molecule has 0 saturated carbocycles. The fourth-order valence-electron chi connectivity index (χ4n) is 1.63. The second-order valence-corrected chi connectivity index (χ2v) is 3.84. The van der Waals surface area contributed by atoms with E-state index >= 15 is 0 Å². The summed E-state index contributed by atoms with van der Waals surface area (Å²) in [5.41, 5.74) is 6.05. The number of Topliss-reactive ketones (excluding diaryl/α,β-unsaturated/α-hetero) is 1. The maximum Gasteiger partial charge on any atom is 0.163 e. The van der Waals surface area contributed by atoms with Crippen molar-refractivity contribution < 1.29 is 14.3 Å². The van der Waals surface area contributed by atoms with Crippen molar-refractivity contribution in [2.45, 2.75) is 26.7 Å². The monoisotopic (exact) mass is 251 g/mol. The minimum Gasteiger partial charge on any atom is -0.490 e. The Labute approximate surface area is 108 Å². The Hall–Kier alpha value is -1.55. The van der Waals surface area contributed by atoms with Crippen LogP contribution >= 0.6 is 0 Å². The Morgan fingerprint density at radius 2 is 1.83 bits per heavy atom. The predicted octanol–water partition coefficient (Wildman–Crippen LogP) is 2.41. The van der Waals surface area contributed by atoms with Crippen LogP contribution in [0.25, 0.3) is 0 Å². The normalized spacial score (nSPS) is 10.2. The number of rotatable bonds is 8. The lowest BCUT2D eigenvalue weighted by Crippen LogP contribution is -2.06. The zero-order chi connectivity index (χ0) is 13.4. The molecule has 4 nitrogen and oxygen atoms in total. The third-order valence-corrected chi connectivity index (χ3v) is 2.47. The molecule has 1 aromatic rings. The number of ether oxygens (including phenoxy) is 2. The molecule has 0 saturated heterocycles. The molecule has 0 amide bonds. The summed E-state index contributed by atoms with van der Waals surface area (Å²) in [6.07, 6.45) is 1.17. The van der Waals surface area contributed by atoms with Crippen LogP contribution in [0.2, 0.25) is 0 Å². The number of hydrogen-bond acceptors (Lipinski definition) is 4. The highest BCUT2D eigenvalue weighted by molar-refractivity contribution is 5.96. The van der Waals surface area contributed by atoms with Gasteiger partial charge in [-0.2, -0.15) is 0 Å². The summed E-state index contributed by atoms with van der Waals surface area (Å²) in [5, 5.41) is 0. The number of carbonyl (C=O) groups is 1. The van der Waals surface area contributed by atoms with Gasteiger partial charge < -0.3 is 15.2 Å². The van der Waals surface area contributed by atoms with E-state index in [4.69, 9.17) is 15.2 Å². The molecular formula is C14H21NO3. The molecule has 0 heterocycles. The first-order valence-electron chi connectivity index (χ1n) is 6.35. The highest BCUT2D eigenvalue weighted by Gasteiger charge is 2.11. The zero-order valence-corrected chi connectivity index (χ0v) is 11.1. The largest absolute Gasteiger partial charge is 0.490 e. The van der Waals surface area contributed by atoms with E-state index in [1.807, 2.05) is 13.8 Å². The zero-order valence-electron chi connectivity index (χ0n) is 11.1. The van der Waals surface area contributed by atoms with Gasteiger partial charge in [-0.1, -0.05) is 0 Å². The molecule has 0 fully saturated rings. The molecule has 18 heavy (non-hydrogen) atoms. The van der Waals surface area contributed by atoms with Crippen LogP contribution in [0.5, 0.6) is 11.5 Å². The quantitative estimate of drug-likeness (QED) is 0.721. The van der Waals surface area contributed by atoms with Crippen molar-refractivity contribution in [2.75, 3.05) is 19.8 Å². The lowest BCUT2D eigenvalue weighted by atomic mass is 10.1. The Kier molecular flexibility index (Phi) is 6.22. The Morgan fingerprint density at radius 3 is 2.44 bits per heavy atom. The highest BCUT2D eigenvalue weighted by Crippen LogP contribution is 2.29. The fraction of sp³-hybridized carbons (Fsp3) is 0.500. The standard InChI is InChI=1S/C14H21NO3/c1-3-17-13-8-7-11(10-14(13)18-4-2)12(16)6-5-9-15/h7-8,10H,3-6,9,15H2,1-2H3. The molecule has 2 N–H and O–H groups in total. The summed E-state index contributed by atoms with van der Waals surface area (Å²) >= 11 is 0. The maximum absolute atomic E-state index is 11.9. The minimum atomic E-state index is 0.0875. The molecule has 1 aromatic carbocycles. The van der Waals surface area contributed by atoms with E-state index in [1.54, 1.807) is 18.2 Å². The van der Waals surface area contributed by atoms with Crippen LogP contribution in [0.3, 0.4) is 0 Å².